The number of hydrogen-bond donors (Lipinski definition) is 1. The minimum Gasteiger partial charge on any atom is -0.439 e. The van der Waals surface area contributed by atoms with Crippen molar-refractivity contribution in [3.05, 3.63) is 41.7 Å². The lowest BCUT2D eigenvalue weighted by Gasteiger charge is -2.11. The van der Waals surface area contributed by atoms with Crippen molar-refractivity contribution in [1.29, 1.82) is 0 Å². The number of aryl methyl sites for hydroxylation is 1. The average molecular weight is 243 g/mol. The van der Waals surface area contributed by atoms with Gasteiger partial charge >= 0.3 is 0 Å². The fraction of sp³-hybridized carbons (Fsp3) is 0.286. The Morgan fingerprint density at radius 1 is 1.17 bits per heavy atom. The van der Waals surface area contributed by atoms with E-state index in [4.69, 9.17) is 4.74 Å². The molecular weight excluding hydrogens is 226 g/mol. The van der Waals surface area contributed by atoms with Crippen LogP contribution in [0.5, 0.6) is 11.6 Å². The van der Waals surface area contributed by atoms with Gasteiger partial charge in [0.1, 0.15) is 17.9 Å². The zero-order chi connectivity index (χ0) is 13.0. The first-order chi connectivity index (χ1) is 8.74. The molecule has 4 heteroatoms. The van der Waals surface area contributed by atoms with Crippen LogP contribution in [0, 0.1) is 6.92 Å². The second-order valence-corrected chi connectivity index (χ2v) is 4.02. The predicted molar refractivity (Wildman–Crippen MR) is 72.2 cm³/mol. The zero-order valence-corrected chi connectivity index (χ0v) is 10.9. The summed E-state index contributed by atoms with van der Waals surface area (Å²) in [7, 11) is 1.84. The van der Waals surface area contributed by atoms with E-state index in [1.54, 1.807) is 0 Å². The summed E-state index contributed by atoms with van der Waals surface area (Å²) in [6, 6.07) is 7.91. The van der Waals surface area contributed by atoms with Gasteiger partial charge in [-0.2, -0.15) is 0 Å². The summed E-state index contributed by atoms with van der Waals surface area (Å²) >= 11 is 0. The molecule has 0 saturated heterocycles. The lowest BCUT2D eigenvalue weighted by atomic mass is 10.2. The van der Waals surface area contributed by atoms with E-state index in [0.717, 1.165) is 23.6 Å². The van der Waals surface area contributed by atoms with E-state index in [2.05, 4.69) is 22.2 Å². The topological polar surface area (TPSA) is 47.0 Å². The van der Waals surface area contributed by atoms with Crippen molar-refractivity contribution in [2.45, 2.75) is 20.3 Å². The summed E-state index contributed by atoms with van der Waals surface area (Å²) in [5.74, 6) is 2.21. The predicted octanol–water partition coefficient (Wildman–Crippen LogP) is 3.18. The molecule has 1 N–H and O–H groups in total. The van der Waals surface area contributed by atoms with Crippen molar-refractivity contribution >= 4 is 5.82 Å². The number of ether oxygens (including phenoxy) is 1. The van der Waals surface area contributed by atoms with Gasteiger partial charge < -0.3 is 10.1 Å². The number of aromatic nitrogens is 2. The van der Waals surface area contributed by atoms with Gasteiger partial charge in [0.2, 0.25) is 5.88 Å². The van der Waals surface area contributed by atoms with Crippen molar-refractivity contribution in [3.8, 4) is 11.6 Å². The average Bonchev–Trinajstić information content (AvgIpc) is 2.41. The molecule has 4 nitrogen and oxygen atoms in total. The van der Waals surface area contributed by atoms with E-state index in [0.29, 0.717) is 5.88 Å². The van der Waals surface area contributed by atoms with Crippen LogP contribution in [0.25, 0.3) is 0 Å². The van der Waals surface area contributed by atoms with Crippen molar-refractivity contribution in [1.82, 2.24) is 9.97 Å². The summed E-state index contributed by atoms with van der Waals surface area (Å²) in [4.78, 5) is 8.38. The number of anilines is 1. The molecule has 0 saturated carbocycles. The minimum absolute atomic E-state index is 0.612. The van der Waals surface area contributed by atoms with E-state index in [9.17, 15) is 0 Å². The molecule has 94 valence electrons. The van der Waals surface area contributed by atoms with Crippen LogP contribution in [0.1, 0.15) is 18.1 Å². The first-order valence-electron chi connectivity index (χ1n) is 6.00. The number of benzene rings is 1. The first-order valence-corrected chi connectivity index (χ1v) is 6.00. The smallest absolute Gasteiger partial charge is 0.227 e. The highest BCUT2D eigenvalue weighted by molar-refractivity contribution is 5.49. The lowest BCUT2D eigenvalue weighted by Crippen LogP contribution is -2.02. The third-order valence-corrected chi connectivity index (χ3v) is 2.73. The van der Waals surface area contributed by atoms with Gasteiger partial charge in [-0.1, -0.05) is 24.6 Å². The molecule has 2 rings (SSSR count). The fourth-order valence-electron chi connectivity index (χ4n) is 1.74. The summed E-state index contributed by atoms with van der Waals surface area (Å²) in [6.07, 6.45) is 2.33. The summed E-state index contributed by atoms with van der Waals surface area (Å²) in [5.41, 5.74) is 2.19. The van der Waals surface area contributed by atoms with E-state index < -0.39 is 0 Å². The Kier molecular flexibility index (Phi) is 3.77. The molecule has 0 unspecified atom stereocenters. The van der Waals surface area contributed by atoms with Gasteiger partial charge in [-0.25, -0.2) is 9.97 Å². The molecular formula is C14H17N3O. The highest BCUT2D eigenvalue weighted by Gasteiger charge is 2.10. The Bertz CT molecular complexity index is 523. The Balaban J connectivity index is 2.31. The van der Waals surface area contributed by atoms with Gasteiger partial charge in [0, 0.05) is 7.05 Å². The molecule has 0 amide bonds. The first kappa shape index (κ1) is 12.4. The van der Waals surface area contributed by atoms with Crippen LogP contribution in [0.3, 0.4) is 0 Å². The molecule has 0 aliphatic heterocycles. The molecule has 0 bridgehead atoms. The highest BCUT2D eigenvalue weighted by Crippen LogP contribution is 2.27. The van der Waals surface area contributed by atoms with Gasteiger partial charge in [0.25, 0.3) is 0 Å². The van der Waals surface area contributed by atoms with Crippen LogP contribution in [0.15, 0.2) is 30.6 Å². The third-order valence-electron chi connectivity index (χ3n) is 2.73. The SMILES string of the molecule is CCc1c(NC)ncnc1Oc1ccc(C)cc1. The lowest BCUT2D eigenvalue weighted by molar-refractivity contribution is 0.455. The molecule has 1 aromatic carbocycles. The fourth-order valence-corrected chi connectivity index (χ4v) is 1.74. The van der Waals surface area contributed by atoms with Crippen LogP contribution in [0.2, 0.25) is 0 Å². The van der Waals surface area contributed by atoms with Crippen molar-refractivity contribution in [2.75, 3.05) is 12.4 Å². The molecule has 2 aromatic rings. The molecule has 0 aliphatic rings. The number of hydrogen-bond acceptors (Lipinski definition) is 4. The Hall–Kier alpha value is -2.10. The number of nitrogens with one attached hydrogen (secondary N) is 1. The second-order valence-electron chi connectivity index (χ2n) is 4.02. The molecule has 0 spiro atoms. The quantitative estimate of drug-likeness (QED) is 0.895. The van der Waals surface area contributed by atoms with Crippen LogP contribution < -0.4 is 10.1 Å². The van der Waals surface area contributed by atoms with E-state index >= 15 is 0 Å². The Morgan fingerprint density at radius 2 is 1.89 bits per heavy atom. The van der Waals surface area contributed by atoms with E-state index in [1.807, 2.05) is 38.2 Å². The van der Waals surface area contributed by atoms with Crippen molar-refractivity contribution in [2.24, 2.45) is 0 Å². The normalized spacial score (nSPS) is 10.2. The van der Waals surface area contributed by atoms with Crippen LogP contribution in [-0.2, 0) is 6.42 Å². The number of rotatable bonds is 4. The molecule has 0 fully saturated rings. The van der Waals surface area contributed by atoms with Gasteiger partial charge in [0.15, 0.2) is 0 Å². The summed E-state index contributed by atoms with van der Waals surface area (Å²) in [5, 5.41) is 3.05. The number of nitrogens with zero attached hydrogens (tertiary/aromatic N) is 2. The maximum Gasteiger partial charge on any atom is 0.227 e. The third kappa shape index (κ3) is 2.59. The minimum atomic E-state index is 0.612. The van der Waals surface area contributed by atoms with E-state index in [-0.39, 0.29) is 0 Å². The molecule has 18 heavy (non-hydrogen) atoms. The summed E-state index contributed by atoms with van der Waals surface area (Å²) < 4.78 is 5.81. The van der Waals surface area contributed by atoms with Crippen LogP contribution >= 0.6 is 0 Å². The zero-order valence-electron chi connectivity index (χ0n) is 10.9. The highest BCUT2D eigenvalue weighted by atomic mass is 16.5. The molecule has 1 aromatic heterocycles. The maximum atomic E-state index is 5.81. The Morgan fingerprint density at radius 3 is 2.50 bits per heavy atom. The molecule has 1 heterocycles. The Labute approximate surface area is 107 Å². The van der Waals surface area contributed by atoms with Crippen molar-refractivity contribution in [3.63, 3.8) is 0 Å². The standard InChI is InChI=1S/C14H17N3O/c1-4-12-13(15-3)16-9-17-14(12)18-11-7-5-10(2)6-8-11/h5-9H,4H2,1-3H3,(H,15,16,17). The van der Waals surface area contributed by atoms with E-state index in [1.165, 1.54) is 11.9 Å². The largest absolute Gasteiger partial charge is 0.439 e. The monoisotopic (exact) mass is 243 g/mol. The van der Waals surface area contributed by atoms with Crippen LogP contribution in [0.4, 0.5) is 5.82 Å². The molecule has 0 atom stereocenters. The second kappa shape index (κ2) is 5.49. The van der Waals surface area contributed by atoms with Crippen LogP contribution in [-0.4, -0.2) is 17.0 Å². The van der Waals surface area contributed by atoms with Crippen molar-refractivity contribution < 1.29 is 4.74 Å². The van der Waals surface area contributed by atoms with Gasteiger partial charge in [-0.3, -0.25) is 0 Å². The van der Waals surface area contributed by atoms with Gasteiger partial charge in [-0.05, 0) is 25.5 Å². The van der Waals surface area contributed by atoms with Gasteiger partial charge in [0.05, 0.1) is 5.56 Å². The molecule has 0 aliphatic carbocycles. The van der Waals surface area contributed by atoms with Gasteiger partial charge in [-0.15, -0.1) is 0 Å². The maximum absolute atomic E-state index is 5.81. The summed E-state index contributed by atoms with van der Waals surface area (Å²) in [6.45, 7) is 4.10. The molecule has 0 radical (unpaired) electrons.